The molecule has 1 heterocycles. The zero-order valence-electron chi connectivity index (χ0n) is 10.5. The van der Waals surface area contributed by atoms with Gasteiger partial charge in [0.05, 0.1) is 20.4 Å². The molecule has 0 radical (unpaired) electrons. The van der Waals surface area contributed by atoms with E-state index in [0.717, 1.165) is 6.42 Å². The van der Waals surface area contributed by atoms with Gasteiger partial charge in [-0.25, -0.2) is 4.98 Å². The van der Waals surface area contributed by atoms with Crippen LogP contribution in [-0.4, -0.2) is 30.0 Å². The fourth-order valence-electron chi connectivity index (χ4n) is 1.85. The second-order valence-corrected chi connectivity index (χ2v) is 4.88. The van der Waals surface area contributed by atoms with Gasteiger partial charge in [0, 0.05) is 5.92 Å². The third kappa shape index (κ3) is 2.09. The number of ether oxygens (including phenoxy) is 2. The van der Waals surface area contributed by atoms with Gasteiger partial charge in [0.1, 0.15) is 0 Å². The molecule has 5 nitrogen and oxygen atoms in total. The molecule has 0 aromatic carbocycles. The standard InChI is InChI=1S/C12H16N2O3/c1-12(2)5-7(12)10(15)9-11(17-4)14-8(16-3)6-13-9/h6-7H,5H2,1-4H3. The molecule has 5 heteroatoms. The fraction of sp³-hybridized carbons (Fsp3) is 0.583. The van der Waals surface area contributed by atoms with Gasteiger partial charge < -0.3 is 9.47 Å². The molecule has 1 aromatic heterocycles. The van der Waals surface area contributed by atoms with Crippen molar-refractivity contribution in [3.05, 3.63) is 11.9 Å². The summed E-state index contributed by atoms with van der Waals surface area (Å²) in [5, 5.41) is 0. The first-order valence-electron chi connectivity index (χ1n) is 5.49. The minimum absolute atomic E-state index is 0.00185. The highest BCUT2D eigenvalue weighted by molar-refractivity contribution is 6.00. The summed E-state index contributed by atoms with van der Waals surface area (Å²) in [6, 6.07) is 0. The highest BCUT2D eigenvalue weighted by Crippen LogP contribution is 2.53. The SMILES string of the molecule is COc1cnc(C(=O)C2CC2(C)C)c(OC)n1. The van der Waals surface area contributed by atoms with E-state index in [-0.39, 0.29) is 23.0 Å². The molecular weight excluding hydrogens is 220 g/mol. The fourth-order valence-corrected chi connectivity index (χ4v) is 1.85. The van der Waals surface area contributed by atoms with Crippen molar-refractivity contribution in [1.82, 2.24) is 9.97 Å². The van der Waals surface area contributed by atoms with Gasteiger partial charge >= 0.3 is 0 Å². The van der Waals surface area contributed by atoms with E-state index in [1.807, 2.05) is 0 Å². The zero-order valence-corrected chi connectivity index (χ0v) is 10.5. The topological polar surface area (TPSA) is 61.3 Å². The number of nitrogens with zero attached hydrogens (tertiary/aromatic N) is 2. The quantitative estimate of drug-likeness (QED) is 0.745. The molecule has 0 aliphatic heterocycles. The van der Waals surface area contributed by atoms with Gasteiger partial charge in [-0.05, 0) is 11.8 Å². The van der Waals surface area contributed by atoms with Crippen LogP contribution in [0.25, 0.3) is 0 Å². The van der Waals surface area contributed by atoms with E-state index in [1.54, 1.807) is 0 Å². The maximum absolute atomic E-state index is 12.2. The predicted molar refractivity (Wildman–Crippen MR) is 61.4 cm³/mol. The van der Waals surface area contributed by atoms with Crippen molar-refractivity contribution < 1.29 is 14.3 Å². The first-order valence-corrected chi connectivity index (χ1v) is 5.49. The van der Waals surface area contributed by atoms with Gasteiger partial charge in [0.25, 0.3) is 0 Å². The number of carbonyl (C=O) groups excluding carboxylic acids is 1. The van der Waals surface area contributed by atoms with Crippen LogP contribution in [0.2, 0.25) is 0 Å². The van der Waals surface area contributed by atoms with E-state index >= 15 is 0 Å². The smallest absolute Gasteiger partial charge is 0.246 e. The summed E-state index contributed by atoms with van der Waals surface area (Å²) in [5.41, 5.74) is 0.368. The largest absolute Gasteiger partial charge is 0.480 e. The Labute approximate surface area is 100 Å². The molecule has 1 aliphatic carbocycles. The average Bonchev–Trinajstić information content (AvgIpc) is 2.96. The highest BCUT2D eigenvalue weighted by atomic mass is 16.5. The van der Waals surface area contributed by atoms with Crippen molar-refractivity contribution in [2.45, 2.75) is 20.3 Å². The van der Waals surface area contributed by atoms with Gasteiger partial charge in [-0.15, -0.1) is 0 Å². The molecule has 1 saturated carbocycles. The van der Waals surface area contributed by atoms with E-state index in [0.29, 0.717) is 11.6 Å². The molecule has 1 atom stereocenters. The van der Waals surface area contributed by atoms with Crippen molar-refractivity contribution in [1.29, 1.82) is 0 Å². The van der Waals surface area contributed by atoms with Crippen molar-refractivity contribution >= 4 is 5.78 Å². The molecule has 0 saturated heterocycles. The summed E-state index contributed by atoms with van der Waals surface area (Å²) in [6.07, 6.45) is 2.33. The Morgan fingerprint density at radius 1 is 1.41 bits per heavy atom. The number of hydrogen-bond donors (Lipinski definition) is 0. The molecule has 1 fully saturated rings. The number of carbonyl (C=O) groups is 1. The van der Waals surface area contributed by atoms with Crippen molar-refractivity contribution in [2.24, 2.45) is 11.3 Å². The Morgan fingerprint density at radius 3 is 2.53 bits per heavy atom. The third-order valence-electron chi connectivity index (χ3n) is 3.18. The van der Waals surface area contributed by atoms with E-state index in [9.17, 15) is 4.79 Å². The molecule has 17 heavy (non-hydrogen) atoms. The number of rotatable bonds is 4. The van der Waals surface area contributed by atoms with Crippen LogP contribution in [0.5, 0.6) is 11.8 Å². The van der Waals surface area contributed by atoms with Gasteiger partial charge in [-0.2, -0.15) is 4.98 Å². The Hall–Kier alpha value is -1.65. The van der Waals surface area contributed by atoms with Crippen molar-refractivity contribution in [3.8, 4) is 11.8 Å². The van der Waals surface area contributed by atoms with Crippen LogP contribution in [0.3, 0.4) is 0 Å². The average molecular weight is 236 g/mol. The van der Waals surface area contributed by atoms with Crippen LogP contribution in [0.1, 0.15) is 30.8 Å². The first-order chi connectivity index (χ1) is 7.99. The van der Waals surface area contributed by atoms with Gasteiger partial charge in [-0.3, -0.25) is 4.79 Å². The molecule has 2 rings (SSSR count). The Balaban J connectivity index is 2.29. The summed E-state index contributed by atoms with van der Waals surface area (Å²) < 4.78 is 10.0. The lowest BCUT2D eigenvalue weighted by Crippen LogP contribution is -2.11. The monoisotopic (exact) mass is 236 g/mol. The molecule has 0 N–H and O–H groups in total. The lowest BCUT2D eigenvalue weighted by molar-refractivity contribution is 0.0944. The van der Waals surface area contributed by atoms with Crippen molar-refractivity contribution in [2.75, 3.05) is 14.2 Å². The van der Waals surface area contributed by atoms with Gasteiger partial charge in [-0.1, -0.05) is 13.8 Å². The molecule has 1 aliphatic rings. The second kappa shape index (κ2) is 3.98. The lowest BCUT2D eigenvalue weighted by atomic mass is 10.1. The van der Waals surface area contributed by atoms with E-state index in [4.69, 9.17) is 9.47 Å². The summed E-state index contributed by atoms with van der Waals surface area (Å²) in [4.78, 5) is 20.3. The van der Waals surface area contributed by atoms with Gasteiger partial charge in [0.2, 0.25) is 11.8 Å². The Kier molecular flexibility index (Phi) is 2.77. The third-order valence-corrected chi connectivity index (χ3v) is 3.18. The lowest BCUT2D eigenvalue weighted by Gasteiger charge is -2.07. The number of aromatic nitrogens is 2. The van der Waals surface area contributed by atoms with Crippen LogP contribution in [0.15, 0.2) is 6.20 Å². The minimum atomic E-state index is 0.00185. The zero-order chi connectivity index (χ0) is 12.6. The normalized spacial score (nSPS) is 20.8. The summed E-state index contributed by atoms with van der Waals surface area (Å²) in [5.74, 6) is 0.603. The van der Waals surface area contributed by atoms with Crippen LogP contribution in [0.4, 0.5) is 0 Å². The number of hydrogen-bond acceptors (Lipinski definition) is 5. The van der Waals surface area contributed by atoms with E-state index < -0.39 is 0 Å². The summed E-state index contributed by atoms with van der Waals surface area (Å²) in [7, 11) is 2.97. The minimum Gasteiger partial charge on any atom is -0.480 e. The van der Waals surface area contributed by atoms with E-state index in [1.165, 1.54) is 20.4 Å². The van der Waals surface area contributed by atoms with Gasteiger partial charge in [0.15, 0.2) is 11.5 Å². The Morgan fingerprint density at radius 2 is 2.06 bits per heavy atom. The molecule has 0 spiro atoms. The predicted octanol–water partition coefficient (Wildman–Crippen LogP) is 1.72. The number of ketones is 1. The van der Waals surface area contributed by atoms with Crippen LogP contribution < -0.4 is 9.47 Å². The van der Waals surface area contributed by atoms with Crippen molar-refractivity contribution in [3.63, 3.8) is 0 Å². The molecule has 0 bridgehead atoms. The van der Waals surface area contributed by atoms with E-state index in [2.05, 4.69) is 23.8 Å². The molecule has 1 unspecified atom stereocenters. The van der Waals surface area contributed by atoms with Crippen LogP contribution in [-0.2, 0) is 0 Å². The molecule has 92 valence electrons. The molecular formula is C12H16N2O3. The molecule has 0 amide bonds. The molecule has 1 aromatic rings. The maximum Gasteiger partial charge on any atom is 0.246 e. The van der Waals surface area contributed by atoms with Crippen LogP contribution >= 0.6 is 0 Å². The first kappa shape index (κ1) is 11.8. The summed E-state index contributed by atoms with van der Waals surface area (Å²) >= 11 is 0. The maximum atomic E-state index is 12.2. The number of Topliss-reactive ketones (excluding diaryl/α,β-unsaturated/α-hetero) is 1. The Bertz CT molecular complexity index is 457. The second-order valence-electron chi connectivity index (χ2n) is 4.88. The summed E-state index contributed by atoms with van der Waals surface area (Å²) in [6.45, 7) is 4.14. The highest BCUT2D eigenvalue weighted by Gasteiger charge is 2.51. The number of methoxy groups -OCH3 is 2. The van der Waals surface area contributed by atoms with Crippen LogP contribution in [0, 0.1) is 11.3 Å².